The number of amides is 2. The first kappa shape index (κ1) is 16.7. The van der Waals surface area contributed by atoms with Crippen molar-refractivity contribution in [2.24, 2.45) is 0 Å². The molecule has 6 heteroatoms. The smallest absolute Gasteiger partial charge is 0.315 e. The van der Waals surface area contributed by atoms with Gasteiger partial charge in [0, 0.05) is 19.2 Å². The molecule has 0 bridgehead atoms. The number of rotatable bonds is 6. The molecule has 1 aromatic carbocycles. The van der Waals surface area contributed by atoms with Crippen LogP contribution in [-0.2, 0) is 17.9 Å². The van der Waals surface area contributed by atoms with E-state index in [1.54, 1.807) is 12.1 Å². The van der Waals surface area contributed by atoms with E-state index in [1.165, 1.54) is 13.2 Å². The fourth-order valence-electron chi connectivity index (χ4n) is 2.85. The number of aliphatic hydroxyl groups excluding tert-OH is 1. The van der Waals surface area contributed by atoms with Gasteiger partial charge < -0.3 is 20.5 Å². The Kier molecular flexibility index (Phi) is 5.74. The topological polar surface area (TPSA) is 70.6 Å². The highest BCUT2D eigenvalue weighted by Crippen LogP contribution is 2.28. The first-order chi connectivity index (χ1) is 10.6. The van der Waals surface area contributed by atoms with Crippen LogP contribution in [0, 0.1) is 5.82 Å². The van der Waals surface area contributed by atoms with E-state index < -0.39 is 5.54 Å². The number of aliphatic hydroxyl groups is 1. The molecule has 0 spiro atoms. The fraction of sp³-hybridized carbons (Fsp3) is 0.562. The number of halogens is 1. The molecule has 0 atom stereocenters. The average Bonchev–Trinajstić information content (AvgIpc) is 2.97. The normalized spacial score (nSPS) is 16.5. The van der Waals surface area contributed by atoms with Crippen molar-refractivity contribution in [2.75, 3.05) is 13.7 Å². The Morgan fingerprint density at radius 2 is 2.14 bits per heavy atom. The van der Waals surface area contributed by atoms with Crippen molar-refractivity contribution in [1.29, 1.82) is 0 Å². The van der Waals surface area contributed by atoms with Crippen molar-refractivity contribution in [3.05, 3.63) is 35.1 Å². The highest BCUT2D eigenvalue weighted by atomic mass is 19.1. The molecule has 1 aliphatic carbocycles. The van der Waals surface area contributed by atoms with Crippen molar-refractivity contribution >= 4 is 6.03 Å². The molecule has 122 valence electrons. The third-order valence-electron chi connectivity index (χ3n) is 4.11. The Balaban J connectivity index is 1.89. The van der Waals surface area contributed by atoms with Gasteiger partial charge in [0.2, 0.25) is 0 Å². The number of carbonyl (C=O) groups excluding carboxylic acids is 1. The van der Waals surface area contributed by atoms with Gasteiger partial charge in [-0.15, -0.1) is 0 Å². The standard InChI is InChI=1S/C16H23FN2O3/c1-22-10-13-8-12(4-5-14(13)17)9-18-15(21)19-16(11-20)6-2-3-7-16/h4-5,8,20H,2-3,6-7,9-11H2,1H3,(H2,18,19,21). The second-order valence-electron chi connectivity index (χ2n) is 5.81. The van der Waals surface area contributed by atoms with Crippen molar-refractivity contribution in [2.45, 2.75) is 44.4 Å². The largest absolute Gasteiger partial charge is 0.394 e. The molecule has 1 fully saturated rings. The maximum atomic E-state index is 13.5. The number of hydrogen-bond donors (Lipinski definition) is 3. The van der Waals surface area contributed by atoms with Crippen LogP contribution in [0.2, 0.25) is 0 Å². The molecule has 0 aromatic heterocycles. The van der Waals surface area contributed by atoms with Gasteiger partial charge in [0.1, 0.15) is 5.82 Å². The second kappa shape index (κ2) is 7.56. The molecule has 0 saturated heterocycles. The molecule has 1 aromatic rings. The van der Waals surface area contributed by atoms with E-state index in [1.807, 2.05) is 0 Å². The monoisotopic (exact) mass is 310 g/mol. The molecular weight excluding hydrogens is 287 g/mol. The summed E-state index contributed by atoms with van der Waals surface area (Å²) in [6.07, 6.45) is 3.62. The van der Waals surface area contributed by atoms with Gasteiger partial charge in [0.15, 0.2) is 0 Å². The van der Waals surface area contributed by atoms with Gasteiger partial charge in [0.25, 0.3) is 0 Å². The molecule has 0 unspecified atom stereocenters. The maximum absolute atomic E-state index is 13.5. The van der Waals surface area contributed by atoms with Gasteiger partial charge in [0.05, 0.1) is 18.8 Å². The van der Waals surface area contributed by atoms with E-state index in [2.05, 4.69) is 10.6 Å². The van der Waals surface area contributed by atoms with Crippen molar-refractivity contribution in [1.82, 2.24) is 10.6 Å². The van der Waals surface area contributed by atoms with E-state index >= 15 is 0 Å². The van der Waals surface area contributed by atoms with Crippen LogP contribution in [0.25, 0.3) is 0 Å². The van der Waals surface area contributed by atoms with E-state index in [0.717, 1.165) is 31.2 Å². The van der Waals surface area contributed by atoms with E-state index in [-0.39, 0.29) is 25.1 Å². The van der Waals surface area contributed by atoms with Gasteiger partial charge in [-0.25, -0.2) is 9.18 Å². The van der Waals surface area contributed by atoms with Gasteiger partial charge in [-0.05, 0) is 30.5 Å². The van der Waals surface area contributed by atoms with Gasteiger partial charge in [-0.3, -0.25) is 0 Å². The van der Waals surface area contributed by atoms with Crippen molar-refractivity contribution < 1.29 is 19.0 Å². The molecule has 2 rings (SSSR count). The molecule has 3 N–H and O–H groups in total. The fourth-order valence-corrected chi connectivity index (χ4v) is 2.85. The second-order valence-corrected chi connectivity index (χ2v) is 5.81. The Morgan fingerprint density at radius 3 is 2.77 bits per heavy atom. The van der Waals surface area contributed by atoms with Crippen molar-refractivity contribution in [3.63, 3.8) is 0 Å². The first-order valence-electron chi connectivity index (χ1n) is 7.52. The minimum atomic E-state index is -0.492. The Morgan fingerprint density at radius 1 is 1.41 bits per heavy atom. The Hall–Kier alpha value is -1.66. The molecule has 0 aliphatic heterocycles. The molecule has 5 nitrogen and oxygen atoms in total. The third-order valence-corrected chi connectivity index (χ3v) is 4.11. The first-order valence-corrected chi connectivity index (χ1v) is 7.52. The quantitative estimate of drug-likeness (QED) is 0.753. The summed E-state index contributed by atoms with van der Waals surface area (Å²) in [6.45, 7) is 0.443. The number of nitrogens with one attached hydrogen (secondary N) is 2. The van der Waals surface area contributed by atoms with Crippen LogP contribution in [-0.4, -0.2) is 30.4 Å². The SMILES string of the molecule is COCc1cc(CNC(=O)NC2(CO)CCCC2)ccc1F. The molecule has 1 aliphatic rings. The summed E-state index contributed by atoms with van der Waals surface area (Å²) < 4.78 is 18.5. The highest BCUT2D eigenvalue weighted by molar-refractivity contribution is 5.74. The number of benzene rings is 1. The lowest BCUT2D eigenvalue weighted by molar-refractivity contribution is 0.162. The molecule has 1 saturated carbocycles. The van der Waals surface area contributed by atoms with E-state index in [9.17, 15) is 14.3 Å². The van der Waals surface area contributed by atoms with E-state index in [4.69, 9.17) is 4.74 Å². The summed E-state index contributed by atoms with van der Waals surface area (Å²) in [4.78, 5) is 12.0. The number of ether oxygens (including phenoxy) is 1. The number of methoxy groups -OCH3 is 1. The summed E-state index contributed by atoms with van der Waals surface area (Å²) in [5.41, 5.74) is 0.770. The highest BCUT2D eigenvalue weighted by Gasteiger charge is 2.34. The molecular formula is C16H23FN2O3. The lowest BCUT2D eigenvalue weighted by Gasteiger charge is -2.28. The number of carbonyl (C=O) groups is 1. The lowest BCUT2D eigenvalue weighted by Crippen LogP contribution is -2.52. The van der Waals surface area contributed by atoms with Crippen LogP contribution in [0.4, 0.5) is 9.18 Å². The van der Waals surface area contributed by atoms with Crippen LogP contribution in [0.3, 0.4) is 0 Å². The zero-order valence-corrected chi connectivity index (χ0v) is 12.8. The van der Waals surface area contributed by atoms with Crippen LogP contribution in [0.5, 0.6) is 0 Å². The zero-order chi connectivity index (χ0) is 16.0. The van der Waals surface area contributed by atoms with E-state index in [0.29, 0.717) is 12.1 Å². The van der Waals surface area contributed by atoms with Crippen molar-refractivity contribution in [3.8, 4) is 0 Å². The van der Waals surface area contributed by atoms with Crippen LogP contribution in [0.15, 0.2) is 18.2 Å². The summed E-state index contributed by atoms with van der Waals surface area (Å²) in [5, 5.41) is 15.1. The van der Waals surface area contributed by atoms with Crippen LogP contribution >= 0.6 is 0 Å². The summed E-state index contributed by atoms with van der Waals surface area (Å²) in [6, 6.07) is 4.37. The molecule has 0 radical (unpaired) electrons. The van der Waals surface area contributed by atoms with Crippen LogP contribution < -0.4 is 10.6 Å². The lowest BCUT2D eigenvalue weighted by atomic mass is 9.99. The summed E-state index contributed by atoms with van der Waals surface area (Å²) in [7, 11) is 1.51. The van der Waals surface area contributed by atoms with Gasteiger partial charge in [-0.2, -0.15) is 0 Å². The Labute approximate surface area is 129 Å². The maximum Gasteiger partial charge on any atom is 0.315 e. The summed E-state index contributed by atoms with van der Waals surface area (Å²) >= 11 is 0. The van der Waals surface area contributed by atoms with Gasteiger partial charge >= 0.3 is 6.03 Å². The predicted octanol–water partition coefficient (Wildman–Crippen LogP) is 2.08. The zero-order valence-electron chi connectivity index (χ0n) is 12.8. The molecule has 0 heterocycles. The number of hydrogen-bond acceptors (Lipinski definition) is 3. The van der Waals surface area contributed by atoms with Gasteiger partial charge in [-0.1, -0.05) is 18.9 Å². The third kappa shape index (κ3) is 4.18. The number of urea groups is 1. The average molecular weight is 310 g/mol. The molecule has 2 amide bonds. The molecule has 22 heavy (non-hydrogen) atoms. The minimum Gasteiger partial charge on any atom is -0.394 e. The predicted molar refractivity (Wildman–Crippen MR) is 80.8 cm³/mol. The van der Waals surface area contributed by atoms with Crippen LogP contribution in [0.1, 0.15) is 36.8 Å². The Bertz CT molecular complexity index is 516. The summed E-state index contributed by atoms with van der Waals surface area (Å²) in [5.74, 6) is -0.319. The minimum absolute atomic E-state index is 0.0467.